The van der Waals surface area contributed by atoms with Crippen LogP contribution in [-0.2, 0) is 14.8 Å². The molecule has 0 atom stereocenters. The minimum absolute atomic E-state index is 0.235. The first-order chi connectivity index (χ1) is 15.9. The van der Waals surface area contributed by atoms with E-state index in [1.807, 2.05) is 0 Å². The molecule has 2 heterocycles. The number of hydrogen-bond donors (Lipinski definition) is 3. The zero-order valence-corrected chi connectivity index (χ0v) is 18.6. The molecule has 2 aliphatic rings. The normalized spacial score (nSPS) is 16.5. The molecule has 10 nitrogen and oxygen atoms in total. The van der Waals surface area contributed by atoms with Crippen LogP contribution in [0.3, 0.4) is 0 Å². The highest BCUT2D eigenvalue weighted by atomic mass is 32.2. The summed E-state index contributed by atoms with van der Waals surface area (Å²) in [5.41, 5.74) is 5.72. The van der Waals surface area contributed by atoms with Crippen LogP contribution in [-0.4, -0.2) is 45.8 Å². The molecule has 0 radical (unpaired) electrons. The van der Waals surface area contributed by atoms with E-state index in [0.29, 0.717) is 61.1 Å². The van der Waals surface area contributed by atoms with Crippen LogP contribution in [0.25, 0.3) is 0 Å². The molecule has 2 aromatic carbocycles. The van der Waals surface area contributed by atoms with Crippen LogP contribution < -0.4 is 25.0 Å². The topological polar surface area (TPSA) is 135 Å². The first-order valence-electron chi connectivity index (χ1n) is 10.6. The van der Waals surface area contributed by atoms with Gasteiger partial charge in [0.25, 0.3) is 15.9 Å². The Hall–Kier alpha value is -3.60. The number of ether oxygens (including phenoxy) is 2. The van der Waals surface area contributed by atoms with Gasteiger partial charge in [-0.25, -0.2) is 8.42 Å². The molecule has 0 aromatic heterocycles. The van der Waals surface area contributed by atoms with Gasteiger partial charge in [-0.1, -0.05) is 18.6 Å². The molecule has 0 spiro atoms. The number of aliphatic imine (C=N–C) groups is 1. The van der Waals surface area contributed by atoms with E-state index in [0.717, 1.165) is 6.42 Å². The molecule has 11 heteroatoms. The molecule has 3 N–H and O–H groups in total. The Balaban J connectivity index is 1.15. The van der Waals surface area contributed by atoms with Crippen LogP contribution in [0.15, 0.2) is 52.4 Å². The summed E-state index contributed by atoms with van der Waals surface area (Å²) < 4.78 is 37.5. The Morgan fingerprint density at radius 2 is 1.76 bits per heavy atom. The Bertz CT molecular complexity index is 1200. The van der Waals surface area contributed by atoms with Gasteiger partial charge in [0.1, 0.15) is 19.0 Å². The van der Waals surface area contributed by atoms with Crippen molar-refractivity contribution in [2.24, 2.45) is 4.99 Å². The van der Waals surface area contributed by atoms with Gasteiger partial charge < -0.3 is 9.47 Å². The molecule has 4 rings (SSSR count). The summed E-state index contributed by atoms with van der Waals surface area (Å²) in [4.78, 5) is 28.8. The molecule has 0 saturated heterocycles. The van der Waals surface area contributed by atoms with Crippen LogP contribution >= 0.6 is 0 Å². The number of rotatable bonds is 7. The fraction of sp³-hybridized carbons (Fsp3) is 0.318. The maximum absolute atomic E-state index is 12.2. The molecule has 2 aliphatic heterocycles. The average molecular weight is 473 g/mol. The number of nitrogens with one attached hydrogen (secondary N) is 3. The van der Waals surface area contributed by atoms with Crippen molar-refractivity contribution in [2.45, 2.75) is 30.6 Å². The summed E-state index contributed by atoms with van der Waals surface area (Å²) in [5.74, 6) is 0.685. The minimum Gasteiger partial charge on any atom is -0.486 e. The van der Waals surface area contributed by atoms with Crippen molar-refractivity contribution in [3.63, 3.8) is 0 Å². The number of hydrogen-bond acceptors (Lipinski definition) is 7. The van der Waals surface area contributed by atoms with Crippen molar-refractivity contribution in [1.82, 2.24) is 15.6 Å². The SMILES string of the molecule is O=C(CCCCCN=C1NS(=O)(=O)c2ccccc21)NNC(=O)c1ccc2c(c1)OCCO2. The number of carbonyl (C=O) groups is 2. The average Bonchev–Trinajstić information content (AvgIpc) is 3.09. The number of carbonyl (C=O) groups excluding carboxylic acids is 2. The van der Waals surface area contributed by atoms with E-state index in [1.54, 1.807) is 42.5 Å². The lowest BCUT2D eigenvalue weighted by Gasteiger charge is -2.18. The van der Waals surface area contributed by atoms with Crippen LogP contribution in [0.5, 0.6) is 11.5 Å². The molecule has 0 saturated carbocycles. The van der Waals surface area contributed by atoms with Gasteiger partial charge in [-0.3, -0.25) is 30.2 Å². The quantitative estimate of drug-likeness (QED) is 0.413. The number of hydrazine groups is 1. The summed E-state index contributed by atoms with van der Waals surface area (Å²) in [6.45, 7) is 1.33. The van der Waals surface area contributed by atoms with E-state index in [1.165, 1.54) is 0 Å². The van der Waals surface area contributed by atoms with Crippen molar-refractivity contribution < 1.29 is 27.5 Å². The van der Waals surface area contributed by atoms with Crippen molar-refractivity contribution in [1.29, 1.82) is 0 Å². The van der Waals surface area contributed by atoms with Gasteiger partial charge in [0.2, 0.25) is 5.91 Å². The van der Waals surface area contributed by atoms with Crippen molar-refractivity contribution in [2.75, 3.05) is 19.8 Å². The van der Waals surface area contributed by atoms with Gasteiger partial charge in [0.15, 0.2) is 11.5 Å². The Kier molecular flexibility index (Phi) is 6.78. The van der Waals surface area contributed by atoms with Crippen LogP contribution in [0.1, 0.15) is 41.6 Å². The number of amidine groups is 1. The maximum Gasteiger partial charge on any atom is 0.269 e. The molecule has 2 amide bonds. The van der Waals surface area contributed by atoms with Crippen molar-refractivity contribution in [3.05, 3.63) is 53.6 Å². The predicted octanol–water partition coefficient (Wildman–Crippen LogP) is 1.52. The largest absolute Gasteiger partial charge is 0.486 e. The lowest BCUT2D eigenvalue weighted by atomic mass is 10.2. The Morgan fingerprint density at radius 3 is 2.61 bits per heavy atom. The van der Waals surface area contributed by atoms with Gasteiger partial charge >= 0.3 is 0 Å². The van der Waals surface area contributed by atoms with E-state index in [2.05, 4.69) is 20.6 Å². The highest BCUT2D eigenvalue weighted by molar-refractivity contribution is 7.90. The molecule has 0 unspecified atom stereocenters. The summed E-state index contributed by atoms with van der Waals surface area (Å²) >= 11 is 0. The zero-order chi connectivity index (χ0) is 23.3. The van der Waals surface area contributed by atoms with E-state index >= 15 is 0 Å². The van der Waals surface area contributed by atoms with E-state index < -0.39 is 15.9 Å². The molecular formula is C22H24N4O6S. The maximum atomic E-state index is 12.2. The smallest absolute Gasteiger partial charge is 0.269 e. The molecule has 33 heavy (non-hydrogen) atoms. The second-order valence-electron chi connectivity index (χ2n) is 7.50. The first kappa shape index (κ1) is 22.6. The minimum atomic E-state index is -3.53. The second-order valence-corrected chi connectivity index (χ2v) is 9.15. The molecule has 0 fully saturated rings. The summed E-state index contributed by atoms with van der Waals surface area (Å²) in [6.07, 6.45) is 2.28. The highest BCUT2D eigenvalue weighted by Gasteiger charge is 2.29. The van der Waals surface area contributed by atoms with E-state index in [9.17, 15) is 18.0 Å². The Labute approximate surface area is 191 Å². The summed E-state index contributed by atoms with van der Waals surface area (Å²) in [5, 5.41) is 0. The van der Waals surface area contributed by atoms with Gasteiger partial charge in [-0.15, -0.1) is 0 Å². The number of unbranched alkanes of at least 4 members (excludes halogenated alkanes) is 2. The molecule has 0 bridgehead atoms. The van der Waals surface area contributed by atoms with Crippen molar-refractivity contribution >= 4 is 27.7 Å². The van der Waals surface area contributed by atoms with Gasteiger partial charge in [-0.05, 0) is 43.2 Å². The third-order valence-electron chi connectivity index (χ3n) is 5.11. The highest BCUT2D eigenvalue weighted by Crippen LogP contribution is 2.30. The second kappa shape index (κ2) is 9.90. The number of amides is 2. The monoisotopic (exact) mass is 472 g/mol. The van der Waals surface area contributed by atoms with Gasteiger partial charge in [0.05, 0.1) is 4.90 Å². The zero-order valence-electron chi connectivity index (χ0n) is 17.8. The fourth-order valence-electron chi connectivity index (χ4n) is 3.46. The van der Waals surface area contributed by atoms with Crippen LogP contribution in [0.4, 0.5) is 0 Å². The van der Waals surface area contributed by atoms with Crippen LogP contribution in [0.2, 0.25) is 0 Å². The fourth-order valence-corrected chi connectivity index (χ4v) is 4.71. The van der Waals surface area contributed by atoms with E-state index in [-0.39, 0.29) is 17.2 Å². The number of nitrogens with zero attached hydrogens (tertiary/aromatic N) is 1. The number of fused-ring (bicyclic) bond motifs is 2. The lowest BCUT2D eigenvalue weighted by molar-refractivity contribution is -0.122. The number of sulfonamides is 1. The molecule has 174 valence electrons. The third kappa shape index (κ3) is 5.43. The first-order valence-corrected chi connectivity index (χ1v) is 12.1. The van der Waals surface area contributed by atoms with E-state index in [4.69, 9.17) is 9.47 Å². The summed E-state index contributed by atoms with van der Waals surface area (Å²) in [6, 6.07) is 11.5. The molecule has 2 aromatic rings. The van der Waals surface area contributed by atoms with Gasteiger partial charge in [0, 0.05) is 24.1 Å². The summed E-state index contributed by atoms with van der Waals surface area (Å²) in [7, 11) is -3.53. The van der Waals surface area contributed by atoms with Crippen molar-refractivity contribution in [3.8, 4) is 11.5 Å². The third-order valence-corrected chi connectivity index (χ3v) is 6.51. The molecule has 0 aliphatic carbocycles. The number of benzene rings is 2. The Morgan fingerprint density at radius 1 is 0.970 bits per heavy atom. The standard InChI is InChI=1S/C22H24N4O6S/c27-20(24-25-22(28)15-9-10-17-18(14-15)32-13-12-31-17)8-2-1-5-11-23-21-16-6-3-4-7-19(16)33(29,30)26-21/h3-4,6-7,9-10,14H,1-2,5,8,11-13H2,(H,23,26)(H,24,27)(H,25,28). The van der Waals surface area contributed by atoms with Gasteiger partial charge in [-0.2, -0.15) is 0 Å². The molecular weight excluding hydrogens is 448 g/mol. The van der Waals surface area contributed by atoms with Crippen LogP contribution in [0, 0.1) is 0 Å². The predicted molar refractivity (Wildman–Crippen MR) is 120 cm³/mol. The lowest BCUT2D eigenvalue weighted by Crippen LogP contribution is -2.41.